The van der Waals surface area contributed by atoms with Gasteiger partial charge in [-0.05, 0) is 38.5 Å². The maximum atomic E-state index is 12.6. The minimum absolute atomic E-state index is 0.0316. The van der Waals surface area contributed by atoms with Gasteiger partial charge in [-0.2, -0.15) is 0 Å². The van der Waals surface area contributed by atoms with Gasteiger partial charge in [0.1, 0.15) is 19.8 Å². The van der Waals surface area contributed by atoms with Crippen LogP contribution in [0, 0.1) is 0 Å². The standard InChI is InChI=1S/C37H72NO8P/c1-6-8-10-12-14-16-18-19-20-22-24-26-28-30-37(40)46-35(34-45-47(41,42)44-32-31-38(3,4)5)33-43-36(39)29-27-25-23-21-17-15-13-11-9-7-2/h19-20,35H,6-18,21-34H2,1-5H3/p+1/b20-19+/t35-/m1/s1. The number of rotatable bonds is 34. The number of hydrogen-bond donors (Lipinski definition) is 1. The molecule has 0 saturated heterocycles. The molecule has 278 valence electrons. The Morgan fingerprint density at radius 1 is 0.638 bits per heavy atom. The summed E-state index contributed by atoms with van der Waals surface area (Å²) < 4.78 is 34.1. The molecular weight excluding hydrogens is 617 g/mol. The van der Waals surface area contributed by atoms with E-state index >= 15 is 0 Å². The Morgan fingerprint density at radius 3 is 1.60 bits per heavy atom. The molecule has 0 aromatic heterocycles. The summed E-state index contributed by atoms with van der Waals surface area (Å²) in [6, 6.07) is 0. The first kappa shape index (κ1) is 45.8. The third-order valence-corrected chi connectivity index (χ3v) is 9.03. The Bertz CT molecular complexity index is 830. The van der Waals surface area contributed by atoms with Crippen molar-refractivity contribution in [1.82, 2.24) is 0 Å². The van der Waals surface area contributed by atoms with Crippen LogP contribution in [0.5, 0.6) is 0 Å². The van der Waals surface area contributed by atoms with Crippen LogP contribution in [-0.2, 0) is 32.7 Å². The Balaban J connectivity index is 4.47. The van der Waals surface area contributed by atoms with Crippen LogP contribution in [0.4, 0.5) is 0 Å². The van der Waals surface area contributed by atoms with Gasteiger partial charge in [0.25, 0.3) is 0 Å². The molecule has 0 aromatic carbocycles. The molecule has 0 heterocycles. The summed E-state index contributed by atoms with van der Waals surface area (Å²) in [6.07, 6.45) is 28.3. The van der Waals surface area contributed by atoms with Crippen molar-refractivity contribution in [3.8, 4) is 0 Å². The van der Waals surface area contributed by atoms with Gasteiger partial charge in [-0.15, -0.1) is 0 Å². The van der Waals surface area contributed by atoms with Crippen molar-refractivity contribution in [3.05, 3.63) is 12.2 Å². The van der Waals surface area contributed by atoms with Gasteiger partial charge in [0, 0.05) is 12.8 Å². The number of esters is 2. The van der Waals surface area contributed by atoms with E-state index in [1.54, 1.807) is 0 Å². The number of carbonyl (C=O) groups is 2. The number of quaternary nitrogens is 1. The van der Waals surface area contributed by atoms with Gasteiger partial charge in [-0.3, -0.25) is 18.6 Å². The number of likely N-dealkylation sites (N-methyl/N-ethyl adjacent to an activating group) is 1. The Kier molecular flexibility index (Phi) is 30.0. The highest BCUT2D eigenvalue weighted by molar-refractivity contribution is 7.47. The van der Waals surface area contributed by atoms with E-state index in [2.05, 4.69) is 26.0 Å². The molecule has 0 aromatic rings. The molecule has 0 spiro atoms. The fraction of sp³-hybridized carbons (Fsp3) is 0.892. The summed E-state index contributed by atoms with van der Waals surface area (Å²) in [7, 11) is 1.47. The van der Waals surface area contributed by atoms with Crippen LogP contribution in [-0.4, -0.2) is 74.9 Å². The summed E-state index contributed by atoms with van der Waals surface area (Å²) in [6.45, 7) is 4.37. The number of nitrogens with zero attached hydrogens (tertiary/aromatic N) is 1. The summed E-state index contributed by atoms with van der Waals surface area (Å²) in [4.78, 5) is 35.1. The number of hydrogen-bond acceptors (Lipinski definition) is 7. The number of allylic oxidation sites excluding steroid dienone is 2. The van der Waals surface area contributed by atoms with Gasteiger partial charge in [0.05, 0.1) is 27.7 Å². The summed E-state index contributed by atoms with van der Waals surface area (Å²) >= 11 is 0. The minimum atomic E-state index is -4.36. The molecule has 47 heavy (non-hydrogen) atoms. The SMILES string of the molecule is CCCCCCCC/C=C/CCCCCC(=O)O[C@H](COC(=O)CCCCCCCCCCCC)COP(=O)(O)OCC[N+](C)(C)C. The number of phosphoric ester groups is 1. The van der Waals surface area contributed by atoms with Crippen molar-refractivity contribution >= 4 is 19.8 Å². The van der Waals surface area contributed by atoms with Crippen LogP contribution in [0.25, 0.3) is 0 Å². The van der Waals surface area contributed by atoms with E-state index in [-0.39, 0.29) is 32.0 Å². The highest BCUT2D eigenvalue weighted by Crippen LogP contribution is 2.43. The van der Waals surface area contributed by atoms with Crippen molar-refractivity contribution in [3.63, 3.8) is 0 Å². The van der Waals surface area contributed by atoms with Gasteiger partial charge in [0.2, 0.25) is 0 Å². The molecule has 0 aliphatic heterocycles. The molecule has 0 bridgehead atoms. The van der Waals surface area contributed by atoms with Crippen LogP contribution in [0.15, 0.2) is 12.2 Å². The zero-order valence-corrected chi connectivity index (χ0v) is 31.9. The minimum Gasteiger partial charge on any atom is -0.462 e. The van der Waals surface area contributed by atoms with Gasteiger partial charge in [0.15, 0.2) is 6.10 Å². The predicted molar refractivity (Wildman–Crippen MR) is 192 cm³/mol. The fourth-order valence-corrected chi connectivity index (χ4v) is 5.75. The third kappa shape index (κ3) is 34.4. The summed E-state index contributed by atoms with van der Waals surface area (Å²) in [5.74, 6) is -0.816. The Labute approximate surface area is 288 Å². The van der Waals surface area contributed by atoms with Gasteiger partial charge < -0.3 is 18.9 Å². The fourth-order valence-electron chi connectivity index (χ4n) is 5.01. The van der Waals surface area contributed by atoms with Crippen LogP contribution in [0.2, 0.25) is 0 Å². The first-order chi connectivity index (χ1) is 22.5. The molecule has 1 unspecified atom stereocenters. The number of ether oxygens (including phenoxy) is 2. The molecule has 0 fully saturated rings. The lowest BCUT2D eigenvalue weighted by Gasteiger charge is -2.24. The molecule has 9 nitrogen and oxygen atoms in total. The lowest BCUT2D eigenvalue weighted by atomic mass is 10.1. The van der Waals surface area contributed by atoms with Crippen molar-refractivity contribution < 1.29 is 42.1 Å². The van der Waals surface area contributed by atoms with Crippen molar-refractivity contribution in [2.75, 3.05) is 47.5 Å². The van der Waals surface area contributed by atoms with Crippen LogP contribution in [0.3, 0.4) is 0 Å². The predicted octanol–water partition coefficient (Wildman–Crippen LogP) is 9.85. The smallest absolute Gasteiger partial charge is 0.462 e. The summed E-state index contributed by atoms with van der Waals surface area (Å²) in [5, 5.41) is 0. The molecule has 0 radical (unpaired) electrons. The topological polar surface area (TPSA) is 108 Å². The van der Waals surface area contributed by atoms with Gasteiger partial charge in [-0.1, -0.05) is 122 Å². The molecule has 2 atom stereocenters. The number of phosphoric acid groups is 1. The van der Waals surface area contributed by atoms with E-state index in [0.29, 0.717) is 17.4 Å². The lowest BCUT2D eigenvalue weighted by molar-refractivity contribution is -0.870. The Morgan fingerprint density at radius 2 is 1.09 bits per heavy atom. The second kappa shape index (κ2) is 30.8. The number of unbranched alkanes of at least 4 members (excludes halogenated alkanes) is 18. The van der Waals surface area contributed by atoms with Crippen molar-refractivity contribution in [1.29, 1.82) is 0 Å². The van der Waals surface area contributed by atoms with Crippen LogP contribution < -0.4 is 0 Å². The zero-order valence-electron chi connectivity index (χ0n) is 31.0. The molecule has 0 aliphatic rings. The second-order valence-corrected chi connectivity index (χ2v) is 15.4. The Hall–Kier alpha value is -1.25. The molecule has 10 heteroatoms. The first-order valence-corrected chi connectivity index (χ1v) is 20.4. The maximum Gasteiger partial charge on any atom is 0.472 e. The van der Waals surface area contributed by atoms with E-state index < -0.39 is 26.5 Å². The van der Waals surface area contributed by atoms with Crippen LogP contribution in [0.1, 0.15) is 162 Å². The lowest BCUT2D eigenvalue weighted by Crippen LogP contribution is -2.37. The van der Waals surface area contributed by atoms with E-state index in [1.165, 1.54) is 83.5 Å². The average Bonchev–Trinajstić information content (AvgIpc) is 3.01. The van der Waals surface area contributed by atoms with Crippen molar-refractivity contribution in [2.45, 2.75) is 168 Å². The number of carbonyl (C=O) groups excluding carboxylic acids is 2. The highest BCUT2D eigenvalue weighted by atomic mass is 31.2. The molecular formula is C37H73NO8P+. The quantitative estimate of drug-likeness (QED) is 0.0234. The summed E-state index contributed by atoms with van der Waals surface area (Å²) in [5.41, 5.74) is 0. The van der Waals surface area contributed by atoms with E-state index in [9.17, 15) is 19.0 Å². The van der Waals surface area contributed by atoms with E-state index in [0.717, 1.165) is 44.9 Å². The van der Waals surface area contributed by atoms with Gasteiger partial charge >= 0.3 is 19.8 Å². The monoisotopic (exact) mass is 691 g/mol. The molecule has 0 rings (SSSR count). The first-order valence-electron chi connectivity index (χ1n) is 18.9. The van der Waals surface area contributed by atoms with Gasteiger partial charge in [-0.25, -0.2) is 4.57 Å². The average molecular weight is 691 g/mol. The van der Waals surface area contributed by atoms with Crippen molar-refractivity contribution in [2.24, 2.45) is 0 Å². The largest absolute Gasteiger partial charge is 0.472 e. The highest BCUT2D eigenvalue weighted by Gasteiger charge is 2.27. The third-order valence-electron chi connectivity index (χ3n) is 8.05. The molecule has 1 N–H and O–H groups in total. The van der Waals surface area contributed by atoms with E-state index in [1.807, 2.05) is 21.1 Å². The van der Waals surface area contributed by atoms with Crippen LogP contribution >= 0.6 is 7.82 Å². The molecule has 0 amide bonds. The van der Waals surface area contributed by atoms with E-state index in [4.69, 9.17) is 18.5 Å². The molecule has 0 saturated carbocycles. The second-order valence-electron chi connectivity index (χ2n) is 14.0. The maximum absolute atomic E-state index is 12.6. The molecule has 0 aliphatic carbocycles. The normalized spacial score (nSPS) is 13.9. The zero-order chi connectivity index (χ0) is 35.1.